The van der Waals surface area contributed by atoms with E-state index in [4.69, 9.17) is 0 Å². The Labute approximate surface area is 68.8 Å². The number of nitrogens with zero attached hydrogens (tertiary/aromatic N) is 1. The number of rotatable bonds is 0. The van der Waals surface area contributed by atoms with E-state index in [1.807, 2.05) is 0 Å². The van der Waals surface area contributed by atoms with Crippen LogP contribution in [0.3, 0.4) is 0 Å². The van der Waals surface area contributed by atoms with Gasteiger partial charge in [0, 0.05) is 13.1 Å². The Hall–Kier alpha value is -0.0400. The molecule has 0 bridgehead atoms. The summed E-state index contributed by atoms with van der Waals surface area (Å²) < 4.78 is 0. The second kappa shape index (κ2) is 1.66. The highest BCUT2D eigenvalue weighted by molar-refractivity contribution is 5.16. The number of hydrogen-bond acceptors (Lipinski definition) is 1. The predicted molar refractivity (Wildman–Crippen MR) is 45.4 cm³/mol. The summed E-state index contributed by atoms with van der Waals surface area (Å²) in [5.41, 5.74) is 1.64. The summed E-state index contributed by atoms with van der Waals surface area (Å²) in [6.45, 7) is 2.82. The van der Waals surface area contributed by atoms with Crippen molar-refractivity contribution in [2.45, 2.75) is 32.1 Å². The molecule has 2 atom stereocenters. The lowest BCUT2D eigenvalue weighted by Gasteiger charge is -2.50. The fourth-order valence-corrected chi connectivity index (χ4v) is 4.12. The minimum Gasteiger partial charge on any atom is -0.305 e. The molecule has 0 N–H and O–H groups in total. The summed E-state index contributed by atoms with van der Waals surface area (Å²) >= 11 is 0. The van der Waals surface area contributed by atoms with E-state index in [0.717, 1.165) is 10.8 Å². The van der Waals surface area contributed by atoms with Crippen LogP contribution in [0.15, 0.2) is 0 Å². The van der Waals surface area contributed by atoms with Gasteiger partial charge in [-0.15, -0.1) is 0 Å². The smallest absolute Gasteiger partial charge is 0.00410 e. The van der Waals surface area contributed by atoms with Crippen LogP contribution in [-0.4, -0.2) is 25.0 Å². The number of likely N-dealkylation sites (tertiary alicyclic amines) is 1. The monoisotopic (exact) mass is 151 g/mol. The SMILES string of the molecule is CN1CC23CCCC2(CC3)C1. The molecule has 3 aliphatic rings. The van der Waals surface area contributed by atoms with Crippen molar-refractivity contribution in [2.24, 2.45) is 10.8 Å². The zero-order valence-electron chi connectivity index (χ0n) is 7.40. The standard InChI is InChI=1S/C10H17N/c1-11-7-9-3-2-4-10(9,8-11)6-5-9/h2-8H2,1H3. The first-order valence-electron chi connectivity index (χ1n) is 4.95. The van der Waals surface area contributed by atoms with Crippen LogP contribution >= 0.6 is 0 Å². The van der Waals surface area contributed by atoms with Gasteiger partial charge in [-0.3, -0.25) is 0 Å². The fourth-order valence-electron chi connectivity index (χ4n) is 4.12. The van der Waals surface area contributed by atoms with Gasteiger partial charge in [-0.2, -0.15) is 0 Å². The molecule has 0 aromatic carbocycles. The first kappa shape index (κ1) is 6.47. The van der Waals surface area contributed by atoms with Crippen molar-refractivity contribution in [3.63, 3.8) is 0 Å². The van der Waals surface area contributed by atoms with Crippen LogP contribution in [0.25, 0.3) is 0 Å². The van der Waals surface area contributed by atoms with Crippen LogP contribution in [0.5, 0.6) is 0 Å². The summed E-state index contributed by atoms with van der Waals surface area (Å²) in [5, 5.41) is 0. The molecule has 1 heteroatoms. The second-order valence-electron chi connectivity index (χ2n) is 5.09. The Kier molecular flexibility index (Phi) is 0.976. The Morgan fingerprint density at radius 3 is 1.91 bits per heavy atom. The molecule has 0 spiro atoms. The van der Waals surface area contributed by atoms with Crippen LogP contribution in [-0.2, 0) is 0 Å². The van der Waals surface area contributed by atoms with E-state index < -0.39 is 0 Å². The Morgan fingerprint density at radius 2 is 1.45 bits per heavy atom. The Morgan fingerprint density at radius 1 is 0.909 bits per heavy atom. The third kappa shape index (κ3) is 0.547. The molecule has 2 saturated carbocycles. The minimum absolute atomic E-state index is 0.821. The number of hydrogen-bond donors (Lipinski definition) is 0. The predicted octanol–water partition coefficient (Wildman–Crippen LogP) is 1.88. The van der Waals surface area contributed by atoms with Crippen LogP contribution in [0.4, 0.5) is 0 Å². The average molecular weight is 151 g/mol. The fraction of sp³-hybridized carbons (Fsp3) is 1.00. The van der Waals surface area contributed by atoms with Gasteiger partial charge in [0.25, 0.3) is 0 Å². The van der Waals surface area contributed by atoms with Crippen LogP contribution in [0.2, 0.25) is 0 Å². The van der Waals surface area contributed by atoms with Gasteiger partial charge in [0.1, 0.15) is 0 Å². The van der Waals surface area contributed by atoms with Gasteiger partial charge >= 0.3 is 0 Å². The molecule has 2 unspecified atom stereocenters. The highest BCUT2D eigenvalue weighted by atomic mass is 15.2. The third-order valence-corrected chi connectivity index (χ3v) is 4.66. The van der Waals surface area contributed by atoms with E-state index in [1.165, 1.54) is 45.2 Å². The lowest BCUT2D eigenvalue weighted by atomic mass is 9.53. The van der Waals surface area contributed by atoms with Crippen molar-refractivity contribution in [2.75, 3.05) is 20.1 Å². The topological polar surface area (TPSA) is 3.24 Å². The molecule has 2 aliphatic carbocycles. The van der Waals surface area contributed by atoms with Crippen molar-refractivity contribution in [1.82, 2.24) is 4.90 Å². The van der Waals surface area contributed by atoms with Gasteiger partial charge in [-0.05, 0) is 43.6 Å². The molecule has 62 valence electrons. The molecule has 0 amide bonds. The van der Waals surface area contributed by atoms with E-state index in [9.17, 15) is 0 Å². The largest absolute Gasteiger partial charge is 0.305 e. The highest BCUT2D eigenvalue weighted by Crippen LogP contribution is 2.69. The van der Waals surface area contributed by atoms with Crippen molar-refractivity contribution in [3.8, 4) is 0 Å². The van der Waals surface area contributed by atoms with Crippen LogP contribution in [0.1, 0.15) is 32.1 Å². The summed E-state index contributed by atoms with van der Waals surface area (Å²) in [6, 6.07) is 0. The van der Waals surface area contributed by atoms with Crippen molar-refractivity contribution in [1.29, 1.82) is 0 Å². The van der Waals surface area contributed by atoms with Gasteiger partial charge in [0.15, 0.2) is 0 Å². The van der Waals surface area contributed by atoms with Gasteiger partial charge in [0.05, 0.1) is 0 Å². The van der Waals surface area contributed by atoms with E-state index in [1.54, 1.807) is 0 Å². The van der Waals surface area contributed by atoms with E-state index in [0.29, 0.717) is 0 Å². The molecule has 1 aliphatic heterocycles. The molecule has 1 heterocycles. The molecular formula is C10H17N. The van der Waals surface area contributed by atoms with Gasteiger partial charge in [-0.1, -0.05) is 6.42 Å². The quantitative estimate of drug-likeness (QED) is 0.511. The zero-order valence-corrected chi connectivity index (χ0v) is 7.40. The van der Waals surface area contributed by atoms with E-state index in [2.05, 4.69) is 11.9 Å². The maximum Gasteiger partial charge on any atom is 0.00410 e. The lowest BCUT2D eigenvalue weighted by molar-refractivity contribution is 0.00430. The Bertz CT molecular complexity index is 181. The Balaban J connectivity index is 2.00. The second-order valence-corrected chi connectivity index (χ2v) is 5.09. The zero-order chi connectivity index (χ0) is 7.53. The molecule has 0 aromatic heterocycles. The maximum absolute atomic E-state index is 2.56. The van der Waals surface area contributed by atoms with Crippen molar-refractivity contribution in [3.05, 3.63) is 0 Å². The third-order valence-electron chi connectivity index (χ3n) is 4.66. The molecular weight excluding hydrogens is 134 g/mol. The molecule has 1 saturated heterocycles. The van der Waals surface area contributed by atoms with Gasteiger partial charge in [-0.25, -0.2) is 0 Å². The highest BCUT2D eigenvalue weighted by Gasteiger charge is 2.64. The first-order valence-corrected chi connectivity index (χ1v) is 4.95. The van der Waals surface area contributed by atoms with Gasteiger partial charge < -0.3 is 4.90 Å². The minimum atomic E-state index is 0.821. The summed E-state index contributed by atoms with van der Waals surface area (Å²) in [6.07, 6.45) is 7.68. The summed E-state index contributed by atoms with van der Waals surface area (Å²) in [4.78, 5) is 2.56. The molecule has 11 heavy (non-hydrogen) atoms. The maximum atomic E-state index is 2.56. The van der Waals surface area contributed by atoms with Crippen molar-refractivity contribution >= 4 is 0 Å². The van der Waals surface area contributed by atoms with E-state index in [-0.39, 0.29) is 0 Å². The van der Waals surface area contributed by atoms with E-state index >= 15 is 0 Å². The molecule has 1 nitrogen and oxygen atoms in total. The van der Waals surface area contributed by atoms with Crippen molar-refractivity contribution < 1.29 is 0 Å². The normalized spacial score (nSPS) is 55.4. The van der Waals surface area contributed by atoms with Crippen LogP contribution < -0.4 is 0 Å². The first-order chi connectivity index (χ1) is 5.27. The van der Waals surface area contributed by atoms with Crippen LogP contribution in [0, 0.1) is 10.8 Å². The molecule has 3 fully saturated rings. The molecule has 0 radical (unpaired) electrons. The lowest BCUT2D eigenvalue weighted by Crippen LogP contribution is -2.45. The summed E-state index contributed by atoms with van der Waals surface area (Å²) in [5.74, 6) is 0. The molecule has 3 rings (SSSR count). The summed E-state index contributed by atoms with van der Waals surface area (Å²) in [7, 11) is 2.30. The van der Waals surface area contributed by atoms with Gasteiger partial charge in [0.2, 0.25) is 0 Å². The average Bonchev–Trinajstić information content (AvgIpc) is 2.19. The molecule has 0 aromatic rings.